The van der Waals surface area contributed by atoms with E-state index in [-0.39, 0.29) is 30.9 Å². The zero-order valence-electron chi connectivity index (χ0n) is 27.9. The molecule has 0 bridgehead atoms. The van der Waals surface area contributed by atoms with Crippen LogP contribution in [-0.4, -0.2) is 59.3 Å². The standard InChI is InChI=1S/C35H64N2O7/c1-3-5-7-9-10-11-12-13-14-15-16-17-18-23-27-34(41)44-30(24-20-8-6-4-2)25-21-19-22-26-32(39)36-28-33(40)37-31(29-38)35(42)43/h12-13,30-31,38H,3-11,14-29H2,1-2H3,(H,36,39)(H,37,40)(H,42,43)/b13-12-. The van der Waals surface area contributed by atoms with Gasteiger partial charge in [0.15, 0.2) is 0 Å². The van der Waals surface area contributed by atoms with Crippen LogP contribution in [0.5, 0.6) is 0 Å². The summed E-state index contributed by atoms with van der Waals surface area (Å²) in [5.74, 6) is -2.40. The van der Waals surface area contributed by atoms with Gasteiger partial charge in [0.05, 0.1) is 13.2 Å². The van der Waals surface area contributed by atoms with Crippen LogP contribution in [0.25, 0.3) is 0 Å². The van der Waals surface area contributed by atoms with Gasteiger partial charge in [-0.05, 0) is 64.2 Å². The number of carbonyl (C=O) groups is 4. The lowest BCUT2D eigenvalue weighted by Gasteiger charge is -2.18. The van der Waals surface area contributed by atoms with E-state index in [0.717, 1.165) is 70.6 Å². The largest absolute Gasteiger partial charge is 0.480 e. The third-order valence-electron chi connectivity index (χ3n) is 7.76. The summed E-state index contributed by atoms with van der Waals surface area (Å²) in [6, 6.07) is -1.39. The van der Waals surface area contributed by atoms with Gasteiger partial charge >= 0.3 is 11.9 Å². The van der Waals surface area contributed by atoms with Crippen LogP contribution in [0, 0.1) is 0 Å². The molecule has 0 radical (unpaired) electrons. The number of rotatable bonds is 31. The number of carboxylic acids is 1. The molecular formula is C35H64N2O7. The van der Waals surface area contributed by atoms with Crippen LogP contribution >= 0.6 is 0 Å². The van der Waals surface area contributed by atoms with Gasteiger partial charge in [0.2, 0.25) is 11.8 Å². The molecule has 44 heavy (non-hydrogen) atoms. The minimum Gasteiger partial charge on any atom is -0.480 e. The van der Waals surface area contributed by atoms with Crippen molar-refractivity contribution in [2.75, 3.05) is 13.2 Å². The van der Waals surface area contributed by atoms with E-state index >= 15 is 0 Å². The number of amides is 2. The smallest absolute Gasteiger partial charge is 0.328 e. The fourth-order valence-corrected chi connectivity index (χ4v) is 5.00. The van der Waals surface area contributed by atoms with Gasteiger partial charge < -0.3 is 25.6 Å². The van der Waals surface area contributed by atoms with E-state index in [1.165, 1.54) is 57.8 Å². The molecule has 0 aliphatic heterocycles. The first-order valence-corrected chi connectivity index (χ1v) is 17.6. The Morgan fingerprint density at radius 3 is 1.73 bits per heavy atom. The number of aliphatic hydroxyl groups is 1. The number of hydrogen-bond donors (Lipinski definition) is 4. The van der Waals surface area contributed by atoms with Crippen molar-refractivity contribution in [2.45, 2.75) is 174 Å². The third kappa shape index (κ3) is 27.2. The molecule has 9 heteroatoms. The number of hydrogen-bond acceptors (Lipinski definition) is 6. The molecule has 2 amide bonds. The van der Waals surface area contributed by atoms with E-state index in [4.69, 9.17) is 14.9 Å². The Morgan fingerprint density at radius 2 is 1.16 bits per heavy atom. The zero-order chi connectivity index (χ0) is 32.7. The highest BCUT2D eigenvalue weighted by Crippen LogP contribution is 2.17. The van der Waals surface area contributed by atoms with Crippen LogP contribution in [0.4, 0.5) is 0 Å². The normalized spacial score (nSPS) is 12.6. The molecule has 0 aromatic heterocycles. The molecule has 0 aromatic carbocycles. The molecule has 0 spiro atoms. The number of aliphatic hydroxyl groups excluding tert-OH is 1. The van der Waals surface area contributed by atoms with E-state index in [1.807, 2.05) is 0 Å². The quantitative estimate of drug-likeness (QED) is 0.0365. The average Bonchev–Trinajstić information content (AvgIpc) is 3.00. The van der Waals surface area contributed by atoms with E-state index in [9.17, 15) is 19.2 Å². The Kier molecular flexibility index (Phi) is 28.9. The van der Waals surface area contributed by atoms with Crippen LogP contribution in [0.15, 0.2) is 12.2 Å². The predicted octanol–water partition coefficient (Wildman–Crippen LogP) is 7.14. The second kappa shape index (κ2) is 30.6. The van der Waals surface area contributed by atoms with Gasteiger partial charge in [-0.3, -0.25) is 14.4 Å². The molecule has 2 unspecified atom stereocenters. The van der Waals surface area contributed by atoms with Gasteiger partial charge in [-0.2, -0.15) is 0 Å². The van der Waals surface area contributed by atoms with Crippen molar-refractivity contribution >= 4 is 23.8 Å². The second-order valence-electron chi connectivity index (χ2n) is 12.0. The summed E-state index contributed by atoms with van der Waals surface area (Å²) >= 11 is 0. The summed E-state index contributed by atoms with van der Waals surface area (Å²) in [6.45, 7) is 3.36. The Balaban J connectivity index is 4.09. The number of nitrogens with one attached hydrogen (secondary N) is 2. The topological polar surface area (TPSA) is 142 Å². The highest BCUT2D eigenvalue weighted by atomic mass is 16.5. The molecular weight excluding hydrogens is 560 g/mol. The van der Waals surface area contributed by atoms with Crippen molar-refractivity contribution in [1.29, 1.82) is 0 Å². The molecule has 0 saturated carbocycles. The molecule has 2 atom stereocenters. The molecule has 9 nitrogen and oxygen atoms in total. The maximum Gasteiger partial charge on any atom is 0.328 e. The number of allylic oxidation sites excluding steroid dienone is 2. The minimum atomic E-state index is -1.39. The first-order valence-electron chi connectivity index (χ1n) is 17.6. The number of carboxylic acid groups (broad SMARTS) is 1. The van der Waals surface area contributed by atoms with Crippen molar-refractivity contribution in [1.82, 2.24) is 10.6 Å². The highest BCUT2D eigenvalue weighted by Gasteiger charge is 2.19. The first kappa shape index (κ1) is 41.6. The lowest BCUT2D eigenvalue weighted by atomic mass is 10.0. The fourth-order valence-electron chi connectivity index (χ4n) is 5.00. The number of carbonyl (C=O) groups excluding carboxylic acids is 3. The van der Waals surface area contributed by atoms with Gasteiger partial charge in [0.1, 0.15) is 12.1 Å². The summed E-state index contributed by atoms with van der Waals surface area (Å²) in [5.41, 5.74) is 0. The lowest BCUT2D eigenvalue weighted by Crippen LogP contribution is -2.47. The monoisotopic (exact) mass is 624 g/mol. The molecule has 0 heterocycles. The molecule has 0 aliphatic rings. The molecule has 0 rings (SSSR count). The number of aliphatic carboxylic acids is 1. The summed E-state index contributed by atoms with van der Waals surface area (Å²) in [5, 5.41) is 22.4. The van der Waals surface area contributed by atoms with E-state index in [2.05, 4.69) is 36.6 Å². The Hall–Kier alpha value is -2.42. The van der Waals surface area contributed by atoms with Crippen molar-refractivity contribution in [2.24, 2.45) is 0 Å². The maximum atomic E-state index is 12.5. The SMILES string of the molecule is CCCCCCC/C=C\CCCCCCCC(=O)OC(CCCCCC)CCCCCC(=O)NCC(=O)NC(CO)C(=O)O. The van der Waals surface area contributed by atoms with Crippen LogP contribution in [0.1, 0.15) is 162 Å². The average molecular weight is 625 g/mol. The zero-order valence-corrected chi connectivity index (χ0v) is 27.9. The summed E-state index contributed by atoms with van der Waals surface area (Å²) in [7, 11) is 0. The predicted molar refractivity (Wildman–Crippen MR) is 176 cm³/mol. The third-order valence-corrected chi connectivity index (χ3v) is 7.76. The van der Waals surface area contributed by atoms with E-state index in [0.29, 0.717) is 12.8 Å². The van der Waals surface area contributed by atoms with Gasteiger partial charge in [0, 0.05) is 12.8 Å². The number of unbranched alkanes of at least 4 members (excludes halogenated alkanes) is 15. The highest BCUT2D eigenvalue weighted by molar-refractivity contribution is 5.87. The molecule has 0 saturated heterocycles. The Morgan fingerprint density at radius 1 is 0.659 bits per heavy atom. The van der Waals surface area contributed by atoms with Crippen molar-refractivity contribution < 1.29 is 34.1 Å². The number of ether oxygens (including phenoxy) is 1. The van der Waals surface area contributed by atoms with E-state index < -0.39 is 24.5 Å². The Bertz CT molecular complexity index is 772. The maximum absolute atomic E-state index is 12.5. The van der Waals surface area contributed by atoms with Crippen molar-refractivity contribution in [3.8, 4) is 0 Å². The molecule has 0 aliphatic carbocycles. The van der Waals surface area contributed by atoms with Gasteiger partial charge in [-0.15, -0.1) is 0 Å². The summed E-state index contributed by atoms with van der Waals surface area (Å²) < 4.78 is 5.86. The lowest BCUT2D eigenvalue weighted by molar-refractivity contribution is -0.150. The van der Waals surface area contributed by atoms with Crippen LogP contribution < -0.4 is 10.6 Å². The van der Waals surface area contributed by atoms with Crippen molar-refractivity contribution in [3.63, 3.8) is 0 Å². The molecule has 256 valence electrons. The second-order valence-corrected chi connectivity index (χ2v) is 12.0. The van der Waals surface area contributed by atoms with Crippen LogP contribution in [0.3, 0.4) is 0 Å². The van der Waals surface area contributed by atoms with Crippen LogP contribution in [-0.2, 0) is 23.9 Å². The van der Waals surface area contributed by atoms with E-state index in [1.54, 1.807) is 0 Å². The minimum absolute atomic E-state index is 0.0796. The number of esters is 1. The molecule has 0 aromatic rings. The van der Waals surface area contributed by atoms with Crippen LogP contribution in [0.2, 0.25) is 0 Å². The molecule has 4 N–H and O–H groups in total. The van der Waals surface area contributed by atoms with Gasteiger partial charge in [-0.25, -0.2) is 4.79 Å². The van der Waals surface area contributed by atoms with Crippen molar-refractivity contribution in [3.05, 3.63) is 12.2 Å². The Labute approximate surface area is 267 Å². The summed E-state index contributed by atoms with van der Waals surface area (Å²) in [4.78, 5) is 47.1. The fraction of sp³-hybridized carbons (Fsp3) is 0.829. The molecule has 0 fully saturated rings. The van der Waals surface area contributed by atoms with Gasteiger partial charge in [0.25, 0.3) is 0 Å². The first-order chi connectivity index (χ1) is 21.3. The van der Waals surface area contributed by atoms with Gasteiger partial charge in [-0.1, -0.05) is 96.6 Å². The summed E-state index contributed by atoms with van der Waals surface area (Å²) in [6.07, 6.45) is 28.3.